The molecule has 4 heteroatoms. The van der Waals surface area contributed by atoms with E-state index in [4.69, 9.17) is 4.98 Å². The van der Waals surface area contributed by atoms with Crippen LogP contribution in [0.15, 0.2) is 0 Å². The molecule has 124 valence electrons. The van der Waals surface area contributed by atoms with Gasteiger partial charge in [0.05, 0.1) is 5.56 Å². The first-order valence-electron chi connectivity index (χ1n) is 8.77. The average Bonchev–Trinajstić information content (AvgIpc) is 2.53. The van der Waals surface area contributed by atoms with Gasteiger partial charge < -0.3 is 4.90 Å². The number of rotatable bonds is 2. The van der Waals surface area contributed by atoms with Crippen LogP contribution < -0.4 is 4.90 Å². The third kappa shape index (κ3) is 3.21. The summed E-state index contributed by atoms with van der Waals surface area (Å²) in [6.07, 6.45) is 4.69. The lowest BCUT2D eigenvalue weighted by molar-refractivity contribution is 0.570. The van der Waals surface area contributed by atoms with Crippen LogP contribution >= 0.6 is 11.8 Å². The van der Waals surface area contributed by atoms with E-state index >= 15 is 0 Å². The Morgan fingerprint density at radius 1 is 1.17 bits per heavy atom. The Bertz CT molecular complexity index is 637. The van der Waals surface area contributed by atoms with Gasteiger partial charge in [0.15, 0.2) is 0 Å². The highest BCUT2D eigenvalue weighted by Gasteiger charge is 2.33. The molecule has 0 N–H and O–H groups in total. The fourth-order valence-corrected chi connectivity index (χ4v) is 4.81. The van der Waals surface area contributed by atoms with Crippen LogP contribution in [0.3, 0.4) is 0 Å². The van der Waals surface area contributed by atoms with E-state index in [0.29, 0.717) is 5.92 Å². The minimum atomic E-state index is 0.202. The Balaban J connectivity index is 2.16. The van der Waals surface area contributed by atoms with E-state index in [2.05, 4.69) is 38.7 Å². The molecule has 2 aliphatic rings. The standard InChI is InChI=1S/C19H27N3S/c1-13(2)17-16-12-23-19(3,4)10-14(16)15(11-20)18(21-17)22-8-6-5-7-9-22/h13H,5-10,12H2,1-4H3. The molecule has 0 aliphatic carbocycles. The first-order chi connectivity index (χ1) is 10.9. The molecule has 0 atom stereocenters. The van der Waals surface area contributed by atoms with Crippen LogP contribution in [-0.2, 0) is 12.2 Å². The number of fused-ring (bicyclic) bond motifs is 1. The van der Waals surface area contributed by atoms with E-state index in [1.807, 2.05) is 11.8 Å². The zero-order valence-electron chi connectivity index (χ0n) is 14.8. The number of pyridine rings is 1. The number of hydrogen-bond donors (Lipinski definition) is 0. The van der Waals surface area contributed by atoms with Gasteiger partial charge in [-0.3, -0.25) is 0 Å². The van der Waals surface area contributed by atoms with E-state index in [1.165, 1.54) is 36.1 Å². The van der Waals surface area contributed by atoms with Crippen molar-refractivity contribution in [2.24, 2.45) is 0 Å². The highest BCUT2D eigenvalue weighted by Crippen LogP contribution is 2.43. The van der Waals surface area contributed by atoms with Crippen molar-refractivity contribution in [3.05, 3.63) is 22.4 Å². The predicted molar refractivity (Wildman–Crippen MR) is 98.2 cm³/mol. The summed E-state index contributed by atoms with van der Waals surface area (Å²) < 4.78 is 0.202. The lowest BCUT2D eigenvalue weighted by Crippen LogP contribution is -2.33. The summed E-state index contributed by atoms with van der Waals surface area (Å²) in [6, 6.07) is 2.51. The molecule has 3 rings (SSSR count). The first kappa shape index (κ1) is 16.6. The van der Waals surface area contributed by atoms with E-state index in [1.54, 1.807) is 0 Å². The normalized spacial score (nSPS) is 20.3. The van der Waals surface area contributed by atoms with Crippen molar-refractivity contribution in [2.45, 2.75) is 69.8 Å². The molecule has 1 fully saturated rings. The van der Waals surface area contributed by atoms with E-state index in [9.17, 15) is 5.26 Å². The van der Waals surface area contributed by atoms with Crippen molar-refractivity contribution in [3.8, 4) is 6.07 Å². The number of nitrogens with zero attached hydrogens (tertiary/aromatic N) is 3. The van der Waals surface area contributed by atoms with E-state index in [0.717, 1.165) is 36.6 Å². The maximum absolute atomic E-state index is 9.88. The predicted octanol–water partition coefficient (Wildman–Crippen LogP) is 4.63. The Morgan fingerprint density at radius 3 is 2.48 bits per heavy atom. The van der Waals surface area contributed by atoms with Gasteiger partial charge in [-0.05, 0) is 42.7 Å². The lowest BCUT2D eigenvalue weighted by atomic mass is 9.89. The highest BCUT2D eigenvalue weighted by atomic mass is 32.2. The second-order valence-electron chi connectivity index (χ2n) is 7.69. The van der Waals surface area contributed by atoms with Crippen LogP contribution in [0.5, 0.6) is 0 Å². The molecule has 2 aliphatic heterocycles. The van der Waals surface area contributed by atoms with Crippen molar-refractivity contribution in [3.63, 3.8) is 0 Å². The average molecular weight is 330 g/mol. The van der Waals surface area contributed by atoms with Gasteiger partial charge in [0.1, 0.15) is 11.9 Å². The highest BCUT2D eigenvalue weighted by molar-refractivity contribution is 7.99. The largest absolute Gasteiger partial charge is 0.356 e. The minimum Gasteiger partial charge on any atom is -0.356 e. The Kier molecular flexibility index (Phi) is 4.60. The van der Waals surface area contributed by atoms with Crippen molar-refractivity contribution in [2.75, 3.05) is 18.0 Å². The van der Waals surface area contributed by atoms with Crippen molar-refractivity contribution >= 4 is 17.6 Å². The van der Waals surface area contributed by atoms with Crippen LogP contribution in [0.2, 0.25) is 0 Å². The monoisotopic (exact) mass is 329 g/mol. The number of anilines is 1. The zero-order chi connectivity index (χ0) is 16.6. The molecule has 0 spiro atoms. The Morgan fingerprint density at radius 2 is 1.87 bits per heavy atom. The summed E-state index contributed by atoms with van der Waals surface area (Å²) in [6.45, 7) is 11.1. The van der Waals surface area contributed by atoms with Crippen molar-refractivity contribution in [1.29, 1.82) is 5.26 Å². The number of hydrogen-bond acceptors (Lipinski definition) is 4. The molecule has 0 unspecified atom stereocenters. The second-order valence-corrected chi connectivity index (χ2v) is 9.37. The molecule has 0 saturated carbocycles. The quantitative estimate of drug-likeness (QED) is 0.793. The molecule has 3 heterocycles. The van der Waals surface area contributed by atoms with Crippen molar-refractivity contribution < 1.29 is 0 Å². The maximum atomic E-state index is 9.88. The third-order valence-electron chi connectivity index (χ3n) is 4.95. The summed E-state index contributed by atoms with van der Waals surface area (Å²) in [5.41, 5.74) is 4.67. The molecule has 3 nitrogen and oxygen atoms in total. The van der Waals surface area contributed by atoms with Gasteiger partial charge in [-0.25, -0.2) is 4.98 Å². The first-order valence-corrected chi connectivity index (χ1v) is 9.76. The summed E-state index contributed by atoms with van der Waals surface area (Å²) in [7, 11) is 0. The number of piperidine rings is 1. The summed E-state index contributed by atoms with van der Waals surface area (Å²) in [5.74, 6) is 2.34. The lowest BCUT2D eigenvalue weighted by Gasteiger charge is -2.36. The van der Waals surface area contributed by atoms with E-state index in [-0.39, 0.29) is 4.75 Å². The van der Waals surface area contributed by atoms with Crippen molar-refractivity contribution in [1.82, 2.24) is 4.98 Å². The molecular formula is C19H27N3S. The number of nitriles is 1. The molecular weight excluding hydrogens is 302 g/mol. The SMILES string of the molecule is CC(C)c1nc(N2CCCCC2)c(C#N)c2c1CSC(C)(C)C2. The molecule has 1 aromatic rings. The van der Waals surface area contributed by atoms with Crippen LogP contribution in [0.25, 0.3) is 0 Å². The smallest absolute Gasteiger partial charge is 0.147 e. The molecule has 23 heavy (non-hydrogen) atoms. The van der Waals surface area contributed by atoms with Crippen LogP contribution in [0, 0.1) is 11.3 Å². The Labute approximate surface area is 144 Å². The molecule has 1 saturated heterocycles. The van der Waals surface area contributed by atoms with Gasteiger partial charge in [-0.2, -0.15) is 17.0 Å². The van der Waals surface area contributed by atoms with Crippen LogP contribution in [0.1, 0.15) is 75.3 Å². The molecule has 0 amide bonds. The third-order valence-corrected chi connectivity index (χ3v) is 6.31. The summed E-state index contributed by atoms with van der Waals surface area (Å²) >= 11 is 1.99. The number of aromatic nitrogens is 1. The molecule has 0 radical (unpaired) electrons. The van der Waals surface area contributed by atoms with E-state index < -0.39 is 0 Å². The molecule has 1 aromatic heterocycles. The van der Waals surface area contributed by atoms with Gasteiger partial charge >= 0.3 is 0 Å². The fourth-order valence-electron chi connectivity index (χ4n) is 3.71. The van der Waals surface area contributed by atoms with Gasteiger partial charge in [0, 0.05) is 29.3 Å². The van der Waals surface area contributed by atoms with Gasteiger partial charge in [-0.1, -0.05) is 27.7 Å². The molecule has 0 aromatic carbocycles. The van der Waals surface area contributed by atoms with Gasteiger partial charge in [0.2, 0.25) is 0 Å². The van der Waals surface area contributed by atoms with Crippen LogP contribution in [0.4, 0.5) is 5.82 Å². The Hall–Kier alpha value is -1.21. The zero-order valence-corrected chi connectivity index (χ0v) is 15.6. The minimum absolute atomic E-state index is 0.202. The molecule has 0 bridgehead atoms. The van der Waals surface area contributed by atoms with Gasteiger partial charge in [-0.15, -0.1) is 0 Å². The number of thioether (sulfide) groups is 1. The summed E-state index contributed by atoms with van der Waals surface area (Å²) in [5, 5.41) is 9.88. The fraction of sp³-hybridized carbons (Fsp3) is 0.684. The van der Waals surface area contributed by atoms with Crippen LogP contribution in [-0.4, -0.2) is 22.8 Å². The summed E-state index contributed by atoms with van der Waals surface area (Å²) in [4.78, 5) is 7.37. The van der Waals surface area contributed by atoms with Gasteiger partial charge in [0.25, 0.3) is 0 Å². The maximum Gasteiger partial charge on any atom is 0.147 e. The topological polar surface area (TPSA) is 39.9 Å². The second kappa shape index (κ2) is 6.36.